The summed E-state index contributed by atoms with van der Waals surface area (Å²) in [6.45, 7) is 1.62. The van der Waals surface area contributed by atoms with E-state index >= 15 is 0 Å². The van der Waals surface area contributed by atoms with E-state index < -0.39 is 12.0 Å². The van der Waals surface area contributed by atoms with E-state index in [2.05, 4.69) is 10.3 Å². The van der Waals surface area contributed by atoms with Crippen LogP contribution in [0.3, 0.4) is 0 Å². The van der Waals surface area contributed by atoms with Crippen LogP contribution in [0.15, 0.2) is 29.3 Å². The average Bonchev–Trinajstić information content (AvgIpc) is 3.68. The number of carbonyl (C=O) groups is 2. The molecule has 1 N–H and O–H groups in total. The van der Waals surface area contributed by atoms with E-state index in [9.17, 15) is 18.4 Å². The van der Waals surface area contributed by atoms with Gasteiger partial charge in [-0.2, -0.15) is 0 Å². The fraction of sp³-hybridized carbons (Fsp3) is 0.591. The molecule has 1 saturated heterocycles. The molecule has 0 bridgehead atoms. The van der Waals surface area contributed by atoms with Gasteiger partial charge in [0, 0.05) is 32.7 Å². The van der Waals surface area contributed by atoms with Gasteiger partial charge in [0.05, 0.1) is 10.6 Å². The third kappa shape index (κ3) is 5.17. The number of hydrogen-bond acceptors (Lipinski definition) is 3. The first-order valence-electron chi connectivity index (χ1n) is 10.8. The molecular formula is C22H27ClF2N4O2. The lowest BCUT2D eigenvalue weighted by molar-refractivity contribution is -0.123. The molecule has 0 aromatic heterocycles. The van der Waals surface area contributed by atoms with Gasteiger partial charge in [-0.05, 0) is 37.3 Å². The smallest absolute Gasteiger partial charge is 0.294 e. The van der Waals surface area contributed by atoms with Crippen LogP contribution >= 0.6 is 11.6 Å². The number of nitrogens with zero attached hydrogens (tertiary/aromatic N) is 3. The summed E-state index contributed by atoms with van der Waals surface area (Å²) in [6, 6.07) is 6.79. The number of carbonyl (C=O) groups excluding carboxylic acids is 2. The highest BCUT2D eigenvalue weighted by Gasteiger charge is 2.51. The van der Waals surface area contributed by atoms with E-state index in [1.165, 1.54) is 17.7 Å². The predicted octanol–water partition coefficient (Wildman–Crippen LogP) is 3.21. The van der Waals surface area contributed by atoms with E-state index in [0.717, 1.165) is 6.42 Å². The zero-order chi connectivity index (χ0) is 22.0. The molecule has 1 aromatic rings. The van der Waals surface area contributed by atoms with Crippen molar-refractivity contribution in [2.24, 2.45) is 10.9 Å². The number of alkyl halides is 2. The minimum atomic E-state index is -2.78. The summed E-state index contributed by atoms with van der Waals surface area (Å²) in [6.07, 6.45) is 1.56. The van der Waals surface area contributed by atoms with Crippen molar-refractivity contribution in [1.82, 2.24) is 15.1 Å². The summed E-state index contributed by atoms with van der Waals surface area (Å²) < 4.78 is 27.7. The number of rotatable bonds is 7. The summed E-state index contributed by atoms with van der Waals surface area (Å²) in [7, 11) is 0. The van der Waals surface area contributed by atoms with Crippen molar-refractivity contribution in [1.29, 1.82) is 0 Å². The molecule has 2 saturated carbocycles. The Morgan fingerprint density at radius 3 is 2.35 bits per heavy atom. The van der Waals surface area contributed by atoms with Gasteiger partial charge in [-0.1, -0.05) is 36.6 Å². The first-order chi connectivity index (χ1) is 14.9. The number of piperazine rings is 1. The van der Waals surface area contributed by atoms with Gasteiger partial charge in [0.15, 0.2) is 5.84 Å². The maximum Gasteiger partial charge on any atom is 0.294 e. The maximum absolute atomic E-state index is 13.8. The first kappa shape index (κ1) is 22.0. The van der Waals surface area contributed by atoms with Gasteiger partial charge in [-0.3, -0.25) is 14.6 Å². The first-order valence-corrected chi connectivity index (χ1v) is 11.2. The molecule has 2 amide bonds. The highest BCUT2D eigenvalue weighted by Crippen LogP contribution is 2.41. The van der Waals surface area contributed by atoms with Crippen LogP contribution in [0.2, 0.25) is 5.02 Å². The zero-order valence-corrected chi connectivity index (χ0v) is 18.1. The Balaban J connectivity index is 1.37. The van der Waals surface area contributed by atoms with Crippen LogP contribution in [0.5, 0.6) is 0 Å². The Morgan fingerprint density at radius 1 is 1.13 bits per heavy atom. The molecule has 1 heterocycles. The molecule has 9 heteroatoms. The molecule has 1 aliphatic heterocycles. The largest absolute Gasteiger partial charge is 0.354 e. The summed E-state index contributed by atoms with van der Waals surface area (Å²) in [5, 5.41) is 3.24. The van der Waals surface area contributed by atoms with Crippen LogP contribution in [0.25, 0.3) is 0 Å². The van der Waals surface area contributed by atoms with Crippen molar-refractivity contribution >= 4 is 29.3 Å². The molecule has 3 aliphatic rings. The molecule has 3 fully saturated rings. The molecule has 1 aromatic carbocycles. The summed E-state index contributed by atoms with van der Waals surface area (Å²) in [4.78, 5) is 32.6. The van der Waals surface area contributed by atoms with Crippen LogP contribution in [-0.4, -0.2) is 72.1 Å². The van der Waals surface area contributed by atoms with Gasteiger partial charge in [0.1, 0.15) is 5.54 Å². The van der Waals surface area contributed by atoms with E-state index in [1.54, 1.807) is 29.2 Å². The minimum Gasteiger partial charge on any atom is -0.354 e. The number of halogens is 3. The average molecular weight is 453 g/mol. The Morgan fingerprint density at radius 2 is 1.77 bits per heavy atom. The molecule has 2 aliphatic carbocycles. The van der Waals surface area contributed by atoms with Crippen molar-refractivity contribution in [3.8, 4) is 0 Å². The van der Waals surface area contributed by atoms with Gasteiger partial charge < -0.3 is 15.1 Å². The van der Waals surface area contributed by atoms with E-state index in [4.69, 9.17) is 11.6 Å². The summed E-state index contributed by atoms with van der Waals surface area (Å²) in [5.74, 6) is -0.117. The molecule has 0 atom stereocenters. The summed E-state index contributed by atoms with van der Waals surface area (Å²) >= 11 is 6.11. The van der Waals surface area contributed by atoms with Gasteiger partial charge >= 0.3 is 0 Å². The lowest BCUT2D eigenvalue weighted by Gasteiger charge is -2.36. The Labute approximate surface area is 185 Å². The van der Waals surface area contributed by atoms with Gasteiger partial charge in [-0.15, -0.1) is 0 Å². The van der Waals surface area contributed by atoms with Crippen molar-refractivity contribution < 1.29 is 18.4 Å². The molecular weight excluding hydrogens is 426 g/mol. The SMILES string of the molecule is O=C(c1ccccc1Cl)N1CCN(C(=NC2(C(=O)NCCC3CC3)CC2)C(F)F)CC1. The van der Waals surface area contributed by atoms with Crippen molar-refractivity contribution in [3.05, 3.63) is 34.9 Å². The van der Waals surface area contributed by atoms with Crippen molar-refractivity contribution in [3.63, 3.8) is 0 Å². The Hall–Kier alpha value is -2.22. The number of hydrogen-bond donors (Lipinski definition) is 1. The molecule has 0 radical (unpaired) electrons. The lowest BCUT2D eigenvalue weighted by Crippen LogP contribution is -2.52. The molecule has 4 rings (SSSR count). The lowest BCUT2D eigenvalue weighted by atomic mass is 10.1. The van der Waals surface area contributed by atoms with Crippen LogP contribution < -0.4 is 5.32 Å². The van der Waals surface area contributed by atoms with Crippen molar-refractivity contribution in [2.45, 2.75) is 44.1 Å². The highest BCUT2D eigenvalue weighted by atomic mass is 35.5. The molecule has 31 heavy (non-hydrogen) atoms. The quantitative estimate of drug-likeness (QED) is 0.510. The second-order valence-corrected chi connectivity index (χ2v) is 8.96. The fourth-order valence-electron chi connectivity index (χ4n) is 3.89. The third-order valence-electron chi connectivity index (χ3n) is 6.20. The predicted molar refractivity (Wildman–Crippen MR) is 115 cm³/mol. The normalized spacial score (nSPS) is 20.7. The zero-order valence-electron chi connectivity index (χ0n) is 17.3. The molecule has 168 valence electrons. The summed E-state index contributed by atoms with van der Waals surface area (Å²) in [5.41, 5.74) is -0.653. The van der Waals surface area contributed by atoms with Crippen LogP contribution in [0.4, 0.5) is 8.78 Å². The Kier molecular flexibility index (Phi) is 6.46. The monoisotopic (exact) mass is 452 g/mol. The number of aliphatic imine (C=N–C) groups is 1. The van der Waals surface area contributed by atoms with Crippen LogP contribution in [0, 0.1) is 5.92 Å². The second kappa shape index (κ2) is 9.10. The van der Waals surface area contributed by atoms with Crippen LogP contribution in [-0.2, 0) is 4.79 Å². The van der Waals surface area contributed by atoms with E-state index in [0.29, 0.717) is 35.9 Å². The number of amidine groups is 1. The molecule has 0 spiro atoms. The topological polar surface area (TPSA) is 65.0 Å². The number of nitrogens with one attached hydrogen (secondary N) is 1. The second-order valence-electron chi connectivity index (χ2n) is 8.55. The number of amides is 2. The standard InChI is InChI=1S/C22H27ClF2N4O2/c23-17-4-2-1-3-16(17)20(30)29-13-11-28(12-14-29)19(18(24)25)27-22(8-9-22)21(31)26-10-7-15-5-6-15/h1-4,15,18H,5-14H2,(H,26,31). The molecule has 6 nitrogen and oxygen atoms in total. The Bertz CT molecular complexity index is 863. The fourth-order valence-corrected chi connectivity index (χ4v) is 4.11. The van der Waals surface area contributed by atoms with Gasteiger partial charge in [0.25, 0.3) is 12.3 Å². The van der Waals surface area contributed by atoms with E-state index in [1.807, 2.05) is 0 Å². The molecule has 0 unspecified atom stereocenters. The van der Waals surface area contributed by atoms with Crippen molar-refractivity contribution in [2.75, 3.05) is 32.7 Å². The van der Waals surface area contributed by atoms with Gasteiger partial charge in [0.2, 0.25) is 5.91 Å². The minimum absolute atomic E-state index is 0.213. The van der Waals surface area contributed by atoms with Gasteiger partial charge in [-0.25, -0.2) is 8.78 Å². The number of benzene rings is 1. The van der Waals surface area contributed by atoms with E-state index in [-0.39, 0.29) is 43.8 Å². The third-order valence-corrected chi connectivity index (χ3v) is 6.53. The maximum atomic E-state index is 13.8. The highest BCUT2D eigenvalue weighted by molar-refractivity contribution is 6.33. The van der Waals surface area contributed by atoms with Crippen LogP contribution in [0.1, 0.15) is 42.5 Å².